The zero-order valence-corrected chi connectivity index (χ0v) is 14.9. The van der Waals surface area contributed by atoms with Crippen LogP contribution < -0.4 is 15.5 Å². The number of aromatic hydroxyl groups is 1. The summed E-state index contributed by atoms with van der Waals surface area (Å²) in [6.45, 7) is 0. The minimum atomic E-state index is -0.614. The number of amides is 2. The van der Waals surface area contributed by atoms with Gasteiger partial charge < -0.3 is 15.2 Å². The highest BCUT2D eigenvalue weighted by molar-refractivity contribution is 5.93. The summed E-state index contributed by atoms with van der Waals surface area (Å²) in [4.78, 5) is 33.7. The largest absolute Gasteiger partial charge is 0.507 e. The lowest BCUT2D eigenvalue weighted by Gasteiger charge is -2.06. The van der Waals surface area contributed by atoms with E-state index < -0.39 is 10.8 Å². The predicted molar refractivity (Wildman–Crippen MR) is 101 cm³/mol. The van der Waals surface area contributed by atoms with Crippen LogP contribution in [0.4, 0.5) is 11.4 Å². The Morgan fingerprint density at radius 2 is 1.86 bits per heavy atom. The van der Waals surface area contributed by atoms with Crippen LogP contribution in [0.15, 0.2) is 47.6 Å². The molecule has 10 heteroatoms. The van der Waals surface area contributed by atoms with Gasteiger partial charge in [0.2, 0.25) is 11.8 Å². The quantitative estimate of drug-likeness (QED) is 0.360. The van der Waals surface area contributed by atoms with Gasteiger partial charge in [-0.2, -0.15) is 5.10 Å². The Hall–Kier alpha value is -3.95. The standard InChI is InChI=1S/C18H18N4O6/c1-28-15-5-2-13(3-6-15)20-17(24)8-9-18(25)21-19-11-12-10-14(22(26)27)4-7-16(12)23/h2-7,10-11,23H,8-9H2,1H3,(H,20,24)(H,21,25)/b19-11+. The summed E-state index contributed by atoms with van der Waals surface area (Å²) in [5, 5.41) is 26.6. The van der Waals surface area contributed by atoms with Crippen molar-refractivity contribution in [1.29, 1.82) is 0 Å². The number of carbonyl (C=O) groups excluding carboxylic acids is 2. The fourth-order valence-corrected chi connectivity index (χ4v) is 2.11. The molecule has 0 radical (unpaired) electrons. The van der Waals surface area contributed by atoms with Crippen LogP contribution in [0.3, 0.4) is 0 Å². The van der Waals surface area contributed by atoms with Crippen LogP contribution in [0.1, 0.15) is 18.4 Å². The van der Waals surface area contributed by atoms with E-state index in [1.54, 1.807) is 24.3 Å². The molecule has 0 aliphatic heterocycles. The first-order chi connectivity index (χ1) is 13.4. The minimum Gasteiger partial charge on any atom is -0.507 e. The summed E-state index contributed by atoms with van der Waals surface area (Å²) in [6.07, 6.45) is 0.910. The van der Waals surface area contributed by atoms with E-state index in [4.69, 9.17) is 4.74 Å². The molecular weight excluding hydrogens is 368 g/mol. The van der Waals surface area contributed by atoms with Gasteiger partial charge in [0.1, 0.15) is 11.5 Å². The number of phenolic OH excluding ortho intramolecular Hbond substituents is 1. The van der Waals surface area contributed by atoms with Crippen LogP contribution in [0.5, 0.6) is 11.5 Å². The van der Waals surface area contributed by atoms with Crippen molar-refractivity contribution in [2.45, 2.75) is 12.8 Å². The van der Waals surface area contributed by atoms with E-state index in [1.807, 2.05) is 0 Å². The molecule has 0 saturated heterocycles. The number of hydrogen-bond donors (Lipinski definition) is 3. The number of non-ortho nitro benzene ring substituents is 1. The monoisotopic (exact) mass is 386 g/mol. The van der Waals surface area contributed by atoms with Crippen LogP contribution >= 0.6 is 0 Å². The number of benzene rings is 2. The Balaban J connectivity index is 1.80. The van der Waals surface area contributed by atoms with Crippen molar-refractivity contribution in [3.05, 3.63) is 58.1 Å². The second kappa shape index (κ2) is 9.67. The Labute approximate surface area is 160 Å². The lowest BCUT2D eigenvalue weighted by Crippen LogP contribution is -2.20. The van der Waals surface area contributed by atoms with Gasteiger partial charge in [-0.3, -0.25) is 19.7 Å². The second-order valence-electron chi connectivity index (χ2n) is 5.57. The number of hydrogen-bond acceptors (Lipinski definition) is 7. The zero-order valence-electron chi connectivity index (χ0n) is 14.9. The number of ether oxygens (including phenoxy) is 1. The zero-order chi connectivity index (χ0) is 20.5. The first-order valence-corrected chi connectivity index (χ1v) is 8.12. The molecule has 2 aromatic carbocycles. The fraction of sp³-hybridized carbons (Fsp3) is 0.167. The van der Waals surface area contributed by atoms with Gasteiger partial charge in [0.25, 0.3) is 5.69 Å². The third-order valence-electron chi connectivity index (χ3n) is 3.57. The number of phenols is 1. The lowest BCUT2D eigenvalue weighted by atomic mass is 10.2. The molecule has 28 heavy (non-hydrogen) atoms. The first kappa shape index (κ1) is 20.4. The van der Waals surface area contributed by atoms with Gasteiger partial charge in [-0.15, -0.1) is 0 Å². The number of nitro groups is 1. The van der Waals surface area contributed by atoms with Gasteiger partial charge in [-0.05, 0) is 30.3 Å². The first-order valence-electron chi connectivity index (χ1n) is 8.12. The van der Waals surface area contributed by atoms with Crippen LogP contribution in [-0.4, -0.2) is 35.2 Å². The molecular formula is C18H18N4O6. The number of carbonyl (C=O) groups is 2. The van der Waals surface area contributed by atoms with E-state index in [-0.39, 0.29) is 35.7 Å². The van der Waals surface area contributed by atoms with E-state index in [2.05, 4.69) is 15.8 Å². The number of rotatable bonds is 8. The minimum absolute atomic E-state index is 0.0601. The molecule has 3 N–H and O–H groups in total. The maximum atomic E-state index is 11.9. The van der Waals surface area contributed by atoms with E-state index in [9.17, 15) is 24.8 Å². The van der Waals surface area contributed by atoms with E-state index in [0.717, 1.165) is 24.4 Å². The van der Waals surface area contributed by atoms with Crippen LogP contribution in [0.2, 0.25) is 0 Å². The number of nitro benzene ring substituents is 1. The maximum Gasteiger partial charge on any atom is 0.270 e. The van der Waals surface area contributed by atoms with Crippen LogP contribution in [0.25, 0.3) is 0 Å². The Bertz CT molecular complexity index is 895. The summed E-state index contributed by atoms with van der Waals surface area (Å²) >= 11 is 0. The third-order valence-corrected chi connectivity index (χ3v) is 3.57. The molecule has 0 saturated carbocycles. The van der Waals surface area contributed by atoms with E-state index >= 15 is 0 Å². The maximum absolute atomic E-state index is 11.9. The van der Waals surface area contributed by atoms with Crippen LogP contribution in [0, 0.1) is 10.1 Å². The number of nitrogens with zero attached hydrogens (tertiary/aromatic N) is 2. The Kier molecular flexibility index (Phi) is 7.03. The molecule has 10 nitrogen and oxygen atoms in total. The van der Waals surface area contributed by atoms with Crippen molar-refractivity contribution in [2.24, 2.45) is 5.10 Å². The van der Waals surface area contributed by atoms with Crippen molar-refractivity contribution in [3.8, 4) is 11.5 Å². The highest BCUT2D eigenvalue weighted by atomic mass is 16.6. The molecule has 0 aliphatic carbocycles. The van der Waals surface area contributed by atoms with Gasteiger partial charge in [-0.25, -0.2) is 5.43 Å². The van der Waals surface area contributed by atoms with Gasteiger partial charge >= 0.3 is 0 Å². The Morgan fingerprint density at radius 3 is 2.50 bits per heavy atom. The summed E-state index contributed by atoms with van der Waals surface area (Å²) in [7, 11) is 1.54. The topological polar surface area (TPSA) is 143 Å². The third kappa shape index (κ3) is 6.09. The molecule has 0 spiro atoms. The molecule has 2 aromatic rings. The van der Waals surface area contributed by atoms with Gasteiger partial charge in [0.15, 0.2) is 0 Å². The smallest absolute Gasteiger partial charge is 0.270 e. The van der Waals surface area contributed by atoms with Gasteiger partial charge in [0, 0.05) is 36.2 Å². The highest BCUT2D eigenvalue weighted by Crippen LogP contribution is 2.21. The molecule has 0 atom stereocenters. The molecule has 0 aromatic heterocycles. The second-order valence-corrected chi connectivity index (χ2v) is 5.57. The normalized spacial score (nSPS) is 10.5. The average Bonchev–Trinajstić information content (AvgIpc) is 2.68. The Morgan fingerprint density at radius 1 is 1.18 bits per heavy atom. The van der Waals surface area contributed by atoms with Crippen LogP contribution in [-0.2, 0) is 9.59 Å². The van der Waals surface area contributed by atoms with Crippen molar-refractivity contribution in [2.75, 3.05) is 12.4 Å². The molecule has 0 fully saturated rings. The summed E-state index contributed by atoms with van der Waals surface area (Å²) < 4.78 is 5.02. The number of anilines is 1. The SMILES string of the molecule is COc1ccc(NC(=O)CCC(=O)N/N=C/c2cc([N+](=O)[O-])ccc2O)cc1. The number of methoxy groups -OCH3 is 1. The molecule has 0 heterocycles. The number of hydrazone groups is 1. The fourth-order valence-electron chi connectivity index (χ4n) is 2.11. The lowest BCUT2D eigenvalue weighted by molar-refractivity contribution is -0.384. The summed E-state index contributed by atoms with van der Waals surface area (Å²) in [5.41, 5.74) is 2.62. The van der Waals surface area contributed by atoms with Crippen molar-refractivity contribution in [3.63, 3.8) is 0 Å². The molecule has 2 amide bonds. The molecule has 0 aliphatic rings. The van der Waals surface area contributed by atoms with Gasteiger partial charge in [0.05, 0.1) is 18.2 Å². The predicted octanol–water partition coefficient (Wildman–Crippen LogP) is 2.18. The van der Waals surface area contributed by atoms with Crippen molar-refractivity contribution < 1.29 is 24.4 Å². The molecule has 2 rings (SSSR count). The van der Waals surface area contributed by atoms with Gasteiger partial charge in [-0.1, -0.05) is 0 Å². The van der Waals surface area contributed by atoms with Crippen molar-refractivity contribution >= 4 is 29.4 Å². The average molecular weight is 386 g/mol. The summed E-state index contributed by atoms with van der Waals surface area (Å²) in [5.74, 6) is -0.431. The molecule has 0 bridgehead atoms. The molecule has 146 valence electrons. The van der Waals surface area contributed by atoms with Crippen molar-refractivity contribution in [1.82, 2.24) is 5.43 Å². The van der Waals surface area contributed by atoms with E-state index in [1.165, 1.54) is 7.11 Å². The highest BCUT2D eigenvalue weighted by Gasteiger charge is 2.10. The molecule has 0 unspecified atom stereocenters. The summed E-state index contributed by atoms with van der Waals surface area (Å²) in [6, 6.07) is 10.2. The van der Waals surface area contributed by atoms with E-state index in [0.29, 0.717) is 11.4 Å². The number of nitrogens with one attached hydrogen (secondary N) is 2.